The van der Waals surface area contributed by atoms with Crippen molar-refractivity contribution in [1.29, 1.82) is 0 Å². The number of carbonyl (C=O) groups is 1. The molecule has 4 nitrogen and oxygen atoms in total. The van der Waals surface area contributed by atoms with Gasteiger partial charge in [-0.05, 0) is 12.3 Å². The molecule has 0 spiro atoms. The van der Waals surface area contributed by atoms with Crippen LogP contribution in [0.2, 0.25) is 0 Å². The molecule has 1 saturated heterocycles. The van der Waals surface area contributed by atoms with Crippen molar-refractivity contribution in [3.05, 3.63) is 0 Å². The number of amides is 1. The maximum absolute atomic E-state index is 11.8. The summed E-state index contributed by atoms with van der Waals surface area (Å²) in [5.74, 6) is 1.06. The molecule has 2 aliphatic rings. The molecule has 1 aliphatic carbocycles. The minimum absolute atomic E-state index is 0. The molecule has 5 heteroatoms. The Bertz CT molecular complexity index is 264. The number of hydrogen-bond donors (Lipinski definition) is 2. The topological polar surface area (TPSA) is 44.4 Å². The third-order valence-corrected chi connectivity index (χ3v) is 4.46. The molecule has 2 rings (SSSR count). The number of halogens is 1. The molecule has 0 aromatic heterocycles. The van der Waals surface area contributed by atoms with Gasteiger partial charge < -0.3 is 10.6 Å². The standard InChI is InChI=1S/C15H29N3O.ClH/c19-15(7-6-14-4-2-1-3-5-14)17-10-13-18-11-8-16-9-12-18;/h14,16H,1-13H2,(H,17,19);1H. The molecule has 0 aromatic carbocycles. The van der Waals surface area contributed by atoms with E-state index in [1.54, 1.807) is 0 Å². The first-order chi connectivity index (χ1) is 9.34. The van der Waals surface area contributed by atoms with Gasteiger partial charge in [-0.15, -0.1) is 12.4 Å². The van der Waals surface area contributed by atoms with Crippen LogP contribution in [0.1, 0.15) is 44.9 Å². The minimum atomic E-state index is 0. The summed E-state index contributed by atoms with van der Waals surface area (Å²) in [7, 11) is 0. The molecule has 1 aliphatic heterocycles. The summed E-state index contributed by atoms with van der Waals surface area (Å²) >= 11 is 0. The van der Waals surface area contributed by atoms with Gasteiger partial charge in [0.05, 0.1) is 0 Å². The van der Waals surface area contributed by atoms with E-state index in [1.807, 2.05) is 0 Å². The van der Waals surface area contributed by atoms with Crippen molar-refractivity contribution in [3.8, 4) is 0 Å². The molecule has 0 unspecified atom stereocenters. The van der Waals surface area contributed by atoms with Crippen molar-refractivity contribution >= 4 is 18.3 Å². The van der Waals surface area contributed by atoms with Crippen LogP contribution >= 0.6 is 12.4 Å². The second-order valence-corrected chi connectivity index (χ2v) is 5.98. The van der Waals surface area contributed by atoms with E-state index < -0.39 is 0 Å². The van der Waals surface area contributed by atoms with Crippen molar-refractivity contribution in [1.82, 2.24) is 15.5 Å². The van der Waals surface area contributed by atoms with Gasteiger partial charge in [0.15, 0.2) is 0 Å². The number of hydrogen-bond acceptors (Lipinski definition) is 3. The van der Waals surface area contributed by atoms with E-state index in [0.717, 1.165) is 58.0 Å². The lowest BCUT2D eigenvalue weighted by Crippen LogP contribution is -2.46. The average Bonchev–Trinajstić information content (AvgIpc) is 2.47. The Morgan fingerprint density at radius 2 is 1.85 bits per heavy atom. The number of piperazine rings is 1. The summed E-state index contributed by atoms with van der Waals surface area (Å²) in [6.07, 6.45) is 8.64. The summed E-state index contributed by atoms with van der Waals surface area (Å²) in [6, 6.07) is 0. The normalized spacial score (nSPS) is 21.2. The maximum atomic E-state index is 11.8. The summed E-state index contributed by atoms with van der Waals surface area (Å²) in [4.78, 5) is 14.2. The highest BCUT2D eigenvalue weighted by Crippen LogP contribution is 2.27. The van der Waals surface area contributed by atoms with Gasteiger partial charge in [0, 0.05) is 45.7 Å². The SMILES string of the molecule is Cl.O=C(CCC1CCCCC1)NCCN1CCNCC1. The second kappa shape index (κ2) is 10.4. The van der Waals surface area contributed by atoms with Gasteiger partial charge in [-0.3, -0.25) is 9.69 Å². The smallest absolute Gasteiger partial charge is 0.220 e. The fourth-order valence-electron chi connectivity index (χ4n) is 3.19. The molecular formula is C15H30ClN3O. The highest BCUT2D eigenvalue weighted by atomic mass is 35.5. The molecule has 1 saturated carbocycles. The van der Waals surface area contributed by atoms with Crippen LogP contribution in [-0.2, 0) is 4.79 Å². The molecule has 1 heterocycles. The quantitative estimate of drug-likeness (QED) is 0.786. The Morgan fingerprint density at radius 1 is 1.15 bits per heavy atom. The third kappa shape index (κ3) is 6.91. The predicted molar refractivity (Wildman–Crippen MR) is 85.4 cm³/mol. The Labute approximate surface area is 129 Å². The third-order valence-electron chi connectivity index (χ3n) is 4.46. The molecule has 0 radical (unpaired) electrons. The zero-order chi connectivity index (χ0) is 13.3. The molecule has 1 amide bonds. The summed E-state index contributed by atoms with van der Waals surface area (Å²) < 4.78 is 0. The number of carbonyl (C=O) groups excluding carboxylic acids is 1. The number of nitrogens with one attached hydrogen (secondary N) is 2. The van der Waals surface area contributed by atoms with E-state index in [4.69, 9.17) is 0 Å². The van der Waals surface area contributed by atoms with Crippen LogP contribution in [0.25, 0.3) is 0 Å². The fraction of sp³-hybridized carbons (Fsp3) is 0.933. The monoisotopic (exact) mass is 303 g/mol. The lowest BCUT2D eigenvalue weighted by atomic mass is 9.86. The van der Waals surface area contributed by atoms with E-state index >= 15 is 0 Å². The zero-order valence-electron chi connectivity index (χ0n) is 12.5. The van der Waals surface area contributed by atoms with Crippen LogP contribution in [0.5, 0.6) is 0 Å². The van der Waals surface area contributed by atoms with Gasteiger partial charge >= 0.3 is 0 Å². The Hall–Kier alpha value is -0.320. The average molecular weight is 304 g/mol. The van der Waals surface area contributed by atoms with E-state index in [9.17, 15) is 4.79 Å². The van der Waals surface area contributed by atoms with E-state index in [1.165, 1.54) is 32.1 Å². The van der Waals surface area contributed by atoms with Crippen molar-refractivity contribution in [2.45, 2.75) is 44.9 Å². The van der Waals surface area contributed by atoms with Crippen LogP contribution < -0.4 is 10.6 Å². The van der Waals surface area contributed by atoms with Crippen molar-refractivity contribution < 1.29 is 4.79 Å². The first-order valence-corrected chi connectivity index (χ1v) is 8.04. The molecule has 20 heavy (non-hydrogen) atoms. The van der Waals surface area contributed by atoms with Gasteiger partial charge in [-0.2, -0.15) is 0 Å². The summed E-state index contributed by atoms with van der Waals surface area (Å²) in [5, 5.41) is 6.41. The maximum Gasteiger partial charge on any atom is 0.220 e. The van der Waals surface area contributed by atoms with Gasteiger partial charge in [-0.25, -0.2) is 0 Å². The van der Waals surface area contributed by atoms with Crippen molar-refractivity contribution in [2.24, 2.45) is 5.92 Å². The summed E-state index contributed by atoms with van der Waals surface area (Å²) in [6.45, 7) is 6.18. The van der Waals surface area contributed by atoms with Crippen LogP contribution in [0, 0.1) is 5.92 Å². The van der Waals surface area contributed by atoms with E-state index in [2.05, 4.69) is 15.5 Å². The van der Waals surface area contributed by atoms with Crippen LogP contribution in [0.4, 0.5) is 0 Å². The van der Waals surface area contributed by atoms with Crippen LogP contribution in [0.3, 0.4) is 0 Å². The minimum Gasteiger partial charge on any atom is -0.355 e. The van der Waals surface area contributed by atoms with Crippen molar-refractivity contribution in [2.75, 3.05) is 39.3 Å². The van der Waals surface area contributed by atoms with Crippen LogP contribution in [0.15, 0.2) is 0 Å². The lowest BCUT2D eigenvalue weighted by molar-refractivity contribution is -0.121. The molecule has 2 N–H and O–H groups in total. The number of nitrogens with zero attached hydrogens (tertiary/aromatic N) is 1. The van der Waals surface area contributed by atoms with Gasteiger partial charge in [0.1, 0.15) is 0 Å². The largest absolute Gasteiger partial charge is 0.355 e. The molecular weight excluding hydrogens is 274 g/mol. The molecule has 0 atom stereocenters. The Morgan fingerprint density at radius 3 is 2.55 bits per heavy atom. The zero-order valence-corrected chi connectivity index (χ0v) is 13.3. The lowest BCUT2D eigenvalue weighted by Gasteiger charge is -2.27. The van der Waals surface area contributed by atoms with E-state index in [-0.39, 0.29) is 18.3 Å². The molecule has 2 fully saturated rings. The second-order valence-electron chi connectivity index (χ2n) is 5.98. The first-order valence-electron chi connectivity index (χ1n) is 8.04. The van der Waals surface area contributed by atoms with Crippen molar-refractivity contribution in [3.63, 3.8) is 0 Å². The van der Waals surface area contributed by atoms with Crippen LogP contribution in [-0.4, -0.2) is 50.1 Å². The highest BCUT2D eigenvalue weighted by molar-refractivity contribution is 5.85. The Kier molecular flexibility index (Phi) is 9.23. The molecule has 118 valence electrons. The summed E-state index contributed by atoms with van der Waals surface area (Å²) in [5.41, 5.74) is 0. The first kappa shape index (κ1) is 17.7. The molecule has 0 bridgehead atoms. The highest BCUT2D eigenvalue weighted by Gasteiger charge is 2.15. The van der Waals surface area contributed by atoms with Gasteiger partial charge in [-0.1, -0.05) is 32.1 Å². The van der Waals surface area contributed by atoms with E-state index in [0.29, 0.717) is 0 Å². The Balaban J connectivity index is 0.00000200. The van der Waals surface area contributed by atoms with Gasteiger partial charge in [0.2, 0.25) is 5.91 Å². The fourth-order valence-corrected chi connectivity index (χ4v) is 3.19. The van der Waals surface area contributed by atoms with Gasteiger partial charge in [0.25, 0.3) is 0 Å². The predicted octanol–water partition coefficient (Wildman–Crippen LogP) is 1.79. The molecule has 0 aromatic rings. The number of rotatable bonds is 6.